The third-order valence-electron chi connectivity index (χ3n) is 6.44. The lowest BCUT2D eigenvalue weighted by Crippen LogP contribution is -2.56. The average molecular weight is 358 g/mol. The summed E-state index contributed by atoms with van der Waals surface area (Å²) >= 11 is 0. The van der Waals surface area contributed by atoms with Gasteiger partial charge in [-0.05, 0) is 49.1 Å². The first kappa shape index (κ1) is 17.4. The number of nitrogens with one attached hydrogen (secondary N) is 1. The van der Waals surface area contributed by atoms with E-state index in [0.717, 1.165) is 25.9 Å². The SMILES string of the molecule is O=C(NCC1CN(C(=O)C2CCOC2)CCC12CCC2)c1cccnn1. The van der Waals surface area contributed by atoms with Gasteiger partial charge in [0.15, 0.2) is 5.69 Å². The molecule has 7 heteroatoms. The number of nitrogens with zero attached hydrogens (tertiary/aromatic N) is 3. The summed E-state index contributed by atoms with van der Waals surface area (Å²) in [5.74, 6) is 0.347. The molecule has 26 heavy (non-hydrogen) atoms. The fraction of sp³-hybridized carbons (Fsp3) is 0.684. The molecule has 3 fully saturated rings. The molecule has 1 N–H and O–H groups in total. The fourth-order valence-corrected chi connectivity index (χ4v) is 4.60. The van der Waals surface area contributed by atoms with Crippen molar-refractivity contribution in [2.45, 2.75) is 32.1 Å². The molecule has 0 radical (unpaired) electrons. The van der Waals surface area contributed by atoms with Crippen molar-refractivity contribution in [1.82, 2.24) is 20.4 Å². The van der Waals surface area contributed by atoms with Crippen LogP contribution < -0.4 is 5.32 Å². The largest absolute Gasteiger partial charge is 0.381 e. The lowest BCUT2D eigenvalue weighted by atomic mass is 9.57. The first-order valence-corrected chi connectivity index (χ1v) is 9.60. The summed E-state index contributed by atoms with van der Waals surface area (Å²) in [6.45, 7) is 3.39. The Morgan fingerprint density at radius 1 is 1.35 bits per heavy atom. The van der Waals surface area contributed by atoms with Crippen LogP contribution in [0.1, 0.15) is 42.6 Å². The zero-order valence-corrected chi connectivity index (χ0v) is 15.0. The number of rotatable bonds is 4. The maximum atomic E-state index is 12.8. The molecule has 4 rings (SSSR count). The van der Waals surface area contributed by atoms with Gasteiger partial charge >= 0.3 is 0 Å². The van der Waals surface area contributed by atoms with Gasteiger partial charge in [0.1, 0.15) is 0 Å². The van der Waals surface area contributed by atoms with Gasteiger partial charge in [-0.25, -0.2) is 0 Å². The van der Waals surface area contributed by atoms with Crippen LogP contribution >= 0.6 is 0 Å². The van der Waals surface area contributed by atoms with E-state index in [1.165, 1.54) is 19.3 Å². The molecule has 1 spiro atoms. The van der Waals surface area contributed by atoms with E-state index in [1.807, 2.05) is 4.90 Å². The number of aromatic nitrogens is 2. The van der Waals surface area contributed by atoms with Gasteiger partial charge < -0.3 is 15.0 Å². The molecule has 3 aliphatic rings. The van der Waals surface area contributed by atoms with Gasteiger partial charge in [-0.1, -0.05) is 6.42 Å². The fourth-order valence-electron chi connectivity index (χ4n) is 4.60. The third-order valence-corrected chi connectivity index (χ3v) is 6.44. The second-order valence-electron chi connectivity index (χ2n) is 7.83. The van der Waals surface area contributed by atoms with Gasteiger partial charge in [-0.2, -0.15) is 5.10 Å². The summed E-state index contributed by atoms with van der Waals surface area (Å²) in [7, 11) is 0. The van der Waals surface area contributed by atoms with Crippen LogP contribution in [0, 0.1) is 17.3 Å². The number of carbonyl (C=O) groups is 2. The van der Waals surface area contributed by atoms with E-state index in [9.17, 15) is 9.59 Å². The van der Waals surface area contributed by atoms with E-state index in [-0.39, 0.29) is 17.7 Å². The van der Waals surface area contributed by atoms with Crippen molar-refractivity contribution in [3.05, 3.63) is 24.0 Å². The first-order chi connectivity index (χ1) is 12.7. The van der Waals surface area contributed by atoms with Gasteiger partial charge in [0.05, 0.1) is 12.5 Å². The minimum atomic E-state index is -0.194. The molecule has 1 aliphatic carbocycles. The Morgan fingerprint density at radius 2 is 2.23 bits per heavy atom. The zero-order chi connectivity index (χ0) is 18.0. The second kappa shape index (κ2) is 7.31. The molecule has 2 amide bonds. The predicted molar refractivity (Wildman–Crippen MR) is 94.3 cm³/mol. The van der Waals surface area contributed by atoms with Gasteiger partial charge in [0.2, 0.25) is 5.91 Å². The molecule has 2 atom stereocenters. The molecule has 2 aliphatic heterocycles. The van der Waals surface area contributed by atoms with Crippen LogP contribution in [-0.4, -0.2) is 59.8 Å². The molecule has 2 unspecified atom stereocenters. The summed E-state index contributed by atoms with van der Waals surface area (Å²) in [6, 6.07) is 3.37. The van der Waals surface area contributed by atoms with Crippen molar-refractivity contribution in [1.29, 1.82) is 0 Å². The number of ether oxygens (including phenoxy) is 1. The molecule has 7 nitrogen and oxygen atoms in total. The number of piperidine rings is 1. The van der Waals surface area contributed by atoms with Crippen molar-refractivity contribution in [3.8, 4) is 0 Å². The van der Waals surface area contributed by atoms with E-state index in [2.05, 4.69) is 15.5 Å². The highest BCUT2D eigenvalue weighted by Crippen LogP contribution is 2.52. The van der Waals surface area contributed by atoms with Crippen molar-refractivity contribution >= 4 is 11.8 Å². The Balaban J connectivity index is 1.39. The monoisotopic (exact) mass is 358 g/mol. The van der Waals surface area contributed by atoms with Gasteiger partial charge in [0.25, 0.3) is 5.91 Å². The van der Waals surface area contributed by atoms with Crippen LogP contribution in [0.25, 0.3) is 0 Å². The molecule has 3 heterocycles. The lowest BCUT2D eigenvalue weighted by molar-refractivity contribution is -0.142. The van der Waals surface area contributed by atoms with E-state index in [1.54, 1.807) is 18.3 Å². The van der Waals surface area contributed by atoms with Crippen molar-refractivity contribution in [2.75, 3.05) is 32.8 Å². The Hall–Kier alpha value is -2.02. The van der Waals surface area contributed by atoms with E-state index < -0.39 is 0 Å². The van der Waals surface area contributed by atoms with Crippen LogP contribution in [0.4, 0.5) is 0 Å². The van der Waals surface area contributed by atoms with E-state index in [0.29, 0.717) is 36.8 Å². The van der Waals surface area contributed by atoms with Gasteiger partial charge in [0, 0.05) is 32.4 Å². The standard InChI is InChI=1S/C19H26N4O3/c24-17(16-3-1-8-21-22-16)20-11-15-12-23(9-7-19(15)5-2-6-19)18(25)14-4-10-26-13-14/h1,3,8,14-15H,2,4-7,9-13H2,(H,20,24). The molecular formula is C19H26N4O3. The van der Waals surface area contributed by atoms with E-state index in [4.69, 9.17) is 4.74 Å². The minimum absolute atomic E-state index is 0.0141. The molecule has 2 saturated heterocycles. The minimum Gasteiger partial charge on any atom is -0.381 e. The van der Waals surface area contributed by atoms with Crippen LogP contribution in [0.2, 0.25) is 0 Å². The highest BCUT2D eigenvalue weighted by atomic mass is 16.5. The molecule has 1 aromatic rings. The van der Waals surface area contributed by atoms with Crippen LogP contribution in [0.3, 0.4) is 0 Å². The number of likely N-dealkylation sites (tertiary alicyclic amines) is 1. The summed E-state index contributed by atoms with van der Waals surface area (Å²) in [5, 5.41) is 10.6. The zero-order valence-electron chi connectivity index (χ0n) is 15.0. The molecule has 1 saturated carbocycles. The van der Waals surface area contributed by atoms with Gasteiger partial charge in [-0.3, -0.25) is 9.59 Å². The maximum Gasteiger partial charge on any atom is 0.271 e. The number of carbonyl (C=O) groups excluding carboxylic acids is 2. The number of hydrogen-bond acceptors (Lipinski definition) is 5. The second-order valence-corrected chi connectivity index (χ2v) is 7.83. The van der Waals surface area contributed by atoms with E-state index >= 15 is 0 Å². The first-order valence-electron chi connectivity index (χ1n) is 9.60. The lowest BCUT2D eigenvalue weighted by Gasteiger charge is -2.53. The summed E-state index contributed by atoms with van der Waals surface area (Å²) < 4.78 is 5.38. The Kier molecular flexibility index (Phi) is 4.89. The molecule has 140 valence electrons. The number of amides is 2. The summed E-state index contributed by atoms with van der Waals surface area (Å²) in [6.07, 6.45) is 7.07. The Bertz CT molecular complexity index is 656. The highest BCUT2D eigenvalue weighted by Gasteiger charge is 2.48. The van der Waals surface area contributed by atoms with Crippen molar-refractivity contribution in [3.63, 3.8) is 0 Å². The smallest absolute Gasteiger partial charge is 0.271 e. The number of hydrogen-bond donors (Lipinski definition) is 1. The third kappa shape index (κ3) is 3.32. The Labute approximate surface area is 153 Å². The normalized spacial score (nSPS) is 27.2. The summed E-state index contributed by atoms with van der Waals surface area (Å²) in [4.78, 5) is 27.1. The highest BCUT2D eigenvalue weighted by molar-refractivity contribution is 5.91. The molecule has 1 aromatic heterocycles. The van der Waals surface area contributed by atoms with Gasteiger partial charge in [-0.15, -0.1) is 5.10 Å². The molecule has 0 bridgehead atoms. The quantitative estimate of drug-likeness (QED) is 0.876. The summed E-state index contributed by atoms with van der Waals surface area (Å²) in [5.41, 5.74) is 0.625. The van der Waals surface area contributed by atoms with Crippen LogP contribution in [0.15, 0.2) is 18.3 Å². The Morgan fingerprint density at radius 3 is 2.88 bits per heavy atom. The van der Waals surface area contributed by atoms with Crippen molar-refractivity contribution in [2.24, 2.45) is 17.3 Å². The van der Waals surface area contributed by atoms with Crippen LogP contribution in [-0.2, 0) is 9.53 Å². The van der Waals surface area contributed by atoms with Crippen LogP contribution in [0.5, 0.6) is 0 Å². The molecular weight excluding hydrogens is 332 g/mol. The predicted octanol–water partition coefficient (Wildman–Crippen LogP) is 1.26. The van der Waals surface area contributed by atoms with Crippen molar-refractivity contribution < 1.29 is 14.3 Å². The average Bonchev–Trinajstić information content (AvgIpc) is 3.19. The molecule has 0 aromatic carbocycles. The topological polar surface area (TPSA) is 84.4 Å². The maximum absolute atomic E-state index is 12.8.